The standard InChI is InChI=1S/C14H21NO/c1-12(11-13(2)16)15-10-6-9-14-7-4-3-5-8-14/h3-9,12-13,15-16H,10-11H2,1-2H3/b9-6+. The minimum atomic E-state index is -0.236. The minimum absolute atomic E-state index is 0.236. The molecule has 0 bridgehead atoms. The highest BCUT2D eigenvalue weighted by Crippen LogP contribution is 2.00. The van der Waals surface area contributed by atoms with Crippen molar-refractivity contribution in [3.63, 3.8) is 0 Å². The number of hydrogen-bond acceptors (Lipinski definition) is 2. The van der Waals surface area contributed by atoms with Gasteiger partial charge in [0.05, 0.1) is 6.10 Å². The van der Waals surface area contributed by atoms with Gasteiger partial charge in [-0.1, -0.05) is 42.5 Å². The van der Waals surface area contributed by atoms with E-state index in [1.807, 2.05) is 25.1 Å². The maximum absolute atomic E-state index is 9.20. The molecule has 0 radical (unpaired) electrons. The summed E-state index contributed by atoms with van der Waals surface area (Å²) < 4.78 is 0. The molecule has 0 amide bonds. The Bertz CT molecular complexity index is 306. The van der Waals surface area contributed by atoms with Crippen LogP contribution in [0.5, 0.6) is 0 Å². The summed E-state index contributed by atoms with van der Waals surface area (Å²) in [5, 5.41) is 12.5. The predicted molar refractivity (Wildman–Crippen MR) is 69.2 cm³/mol. The lowest BCUT2D eigenvalue weighted by molar-refractivity contribution is 0.171. The van der Waals surface area contributed by atoms with Gasteiger partial charge in [0.2, 0.25) is 0 Å². The molecule has 0 heterocycles. The van der Waals surface area contributed by atoms with Crippen LogP contribution < -0.4 is 5.32 Å². The second-order valence-corrected chi connectivity index (χ2v) is 4.21. The monoisotopic (exact) mass is 219 g/mol. The zero-order chi connectivity index (χ0) is 11.8. The number of benzene rings is 1. The molecule has 1 aromatic rings. The molecule has 0 aliphatic heterocycles. The van der Waals surface area contributed by atoms with Crippen molar-refractivity contribution < 1.29 is 5.11 Å². The molecule has 16 heavy (non-hydrogen) atoms. The Balaban J connectivity index is 2.23. The van der Waals surface area contributed by atoms with Gasteiger partial charge < -0.3 is 10.4 Å². The highest BCUT2D eigenvalue weighted by Gasteiger charge is 2.03. The van der Waals surface area contributed by atoms with Gasteiger partial charge in [-0.05, 0) is 25.8 Å². The van der Waals surface area contributed by atoms with E-state index >= 15 is 0 Å². The summed E-state index contributed by atoms with van der Waals surface area (Å²) in [7, 11) is 0. The Labute approximate surface area is 98.0 Å². The summed E-state index contributed by atoms with van der Waals surface area (Å²) in [5.41, 5.74) is 1.22. The highest BCUT2D eigenvalue weighted by atomic mass is 16.3. The van der Waals surface area contributed by atoms with Crippen LogP contribution in [0.3, 0.4) is 0 Å². The fourth-order valence-electron chi connectivity index (χ4n) is 1.62. The van der Waals surface area contributed by atoms with E-state index in [1.54, 1.807) is 0 Å². The number of aliphatic hydroxyl groups is 1. The Morgan fingerprint density at radius 1 is 1.25 bits per heavy atom. The van der Waals surface area contributed by atoms with Crippen molar-refractivity contribution in [2.75, 3.05) is 6.54 Å². The normalized spacial score (nSPS) is 15.2. The highest BCUT2D eigenvalue weighted by molar-refractivity contribution is 5.48. The van der Waals surface area contributed by atoms with E-state index in [2.05, 4.69) is 36.5 Å². The van der Waals surface area contributed by atoms with Crippen molar-refractivity contribution >= 4 is 6.08 Å². The van der Waals surface area contributed by atoms with Crippen molar-refractivity contribution in [2.24, 2.45) is 0 Å². The summed E-state index contributed by atoms with van der Waals surface area (Å²) in [6, 6.07) is 10.6. The van der Waals surface area contributed by atoms with Crippen LogP contribution in [0, 0.1) is 0 Å². The summed E-state index contributed by atoms with van der Waals surface area (Å²) in [4.78, 5) is 0. The molecule has 0 fully saturated rings. The van der Waals surface area contributed by atoms with Crippen LogP contribution >= 0.6 is 0 Å². The van der Waals surface area contributed by atoms with Crippen molar-refractivity contribution in [1.82, 2.24) is 5.32 Å². The molecule has 88 valence electrons. The number of hydrogen-bond donors (Lipinski definition) is 2. The summed E-state index contributed by atoms with van der Waals surface area (Å²) in [6.45, 7) is 4.74. The molecule has 2 atom stereocenters. The Hall–Kier alpha value is -1.12. The van der Waals surface area contributed by atoms with E-state index in [1.165, 1.54) is 5.56 Å². The van der Waals surface area contributed by atoms with Crippen LogP contribution in [0.15, 0.2) is 36.4 Å². The summed E-state index contributed by atoms with van der Waals surface area (Å²) in [6.07, 6.45) is 4.76. The largest absolute Gasteiger partial charge is 0.393 e. The first-order chi connectivity index (χ1) is 7.68. The van der Waals surface area contributed by atoms with Gasteiger partial charge in [-0.3, -0.25) is 0 Å². The van der Waals surface area contributed by atoms with Gasteiger partial charge >= 0.3 is 0 Å². The Morgan fingerprint density at radius 3 is 2.56 bits per heavy atom. The van der Waals surface area contributed by atoms with Crippen LogP contribution in [-0.4, -0.2) is 23.8 Å². The fraction of sp³-hybridized carbons (Fsp3) is 0.429. The molecule has 0 aliphatic rings. The molecule has 2 nitrogen and oxygen atoms in total. The van der Waals surface area contributed by atoms with Crippen LogP contribution in [0.4, 0.5) is 0 Å². The molecule has 2 heteroatoms. The molecule has 1 rings (SSSR count). The zero-order valence-electron chi connectivity index (χ0n) is 10.1. The van der Waals surface area contributed by atoms with E-state index in [4.69, 9.17) is 0 Å². The van der Waals surface area contributed by atoms with E-state index in [0.717, 1.165) is 13.0 Å². The SMILES string of the molecule is CC(O)CC(C)NC/C=C/c1ccccc1. The fourth-order valence-corrected chi connectivity index (χ4v) is 1.62. The first kappa shape index (κ1) is 12.9. The van der Waals surface area contributed by atoms with Gasteiger partial charge in [0, 0.05) is 12.6 Å². The van der Waals surface area contributed by atoms with Gasteiger partial charge in [0.15, 0.2) is 0 Å². The third kappa shape index (κ3) is 5.69. The van der Waals surface area contributed by atoms with Crippen molar-refractivity contribution in [3.8, 4) is 0 Å². The quantitative estimate of drug-likeness (QED) is 0.770. The number of nitrogens with one attached hydrogen (secondary N) is 1. The van der Waals surface area contributed by atoms with Gasteiger partial charge in [-0.15, -0.1) is 0 Å². The molecular weight excluding hydrogens is 198 g/mol. The van der Waals surface area contributed by atoms with Crippen LogP contribution in [0.25, 0.3) is 6.08 Å². The molecule has 2 N–H and O–H groups in total. The lowest BCUT2D eigenvalue weighted by Gasteiger charge is -2.13. The molecule has 0 aromatic heterocycles. The summed E-state index contributed by atoms with van der Waals surface area (Å²) >= 11 is 0. The van der Waals surface area contributed by atoms with Gasteiger partial charge in [-0.25, -0.2) is 0 Å². The van der Waals surface area contributed by atoms with Gasteiger partial charge in [0.1, 0.15) is 0 Å². The van der Waals surface area contributed by atoms with Crippen molar-refractivity contribution in [1.29, 1.82) is 0 Å². The Morgan fingerprint density at radius 2 is 1.94 bits per heavy atom. The molecule has 1 aromatic carbocycles. The topological polar surface area (TPSA) is 32.3 Å². The second kappa shape index (κ2) is 7.20. The Kier molecular flexibility index (Phi) is 5.83. The molecular formula is C14H21NO. The summed E-state index contributed by atoms with van der Waals surface area (Å²) in [5.74, 6) is 0. The zero-order valence-corrected chi connectivity index (χ0v) is 10.1. The van der Waals surface area contributed by atoms with E-state index in [0.29, 0.717) is 6.04 Å². The van der Waals surface area contributed by atoms with E-state index < -0.39 is 0 Å². The maximum atomic E-state index is 9.20. The molecule has 2 unspecified atom stereocenters. The van der Waals surface area contributed by atoms with E-state index in [-0.39, 0.29) is 6.10 Å². The van der Waals surface area contributed by atoms with Crippen molar-refractivity contribution in [3.05, 3.63) is 42.0 Å². The first-order valence-electron chi connectivity index (χ1n) is 5.81. The van der Waals surface area contributed by atoms with Gasteiger partial charge in [0.25, 0.3) is 0 Å². The smallest absolute Gasteiger partial charge is 0.0526 e. The first-order valence-corrected chi connectivity index (χ1v) is 5.81. The van der Waals surface area contributed by atoms with Crippen LogP contribution in [0.1, 0.15) is 25.8 Å². The molecule has 0 aliphatic carbocycles. The van der Waals surface area contributed by atoms with Crippen LogP contribution in [0.2, 0.25) is 0 Å². The third-order valence-electron chi connectivity index (χ3n) is 2.39. The minimum Gasteiger partial charge on any atom is -0.393 e. The van der Waals surface area contributed by atoms with E-state index in [9.17, 15) is 5.11 Å². The van der Waals surface area contributed by atoms with Crippen molar-refractivity contribution in [2.45, 2.75) is 32.4 Å². The lowest BCUT2D eigenvalue weighted by atomic mass is 10.1. The third-order valence-corrected chi connectivity index (χ3v) is 2.39. The predicted octanol–water partition coefficient (Wildman–Crippen LogP) is 2.45. The second-order valence-electron chi connectivity index (χ2n) is 4.21. The number of aliphatic hydroxyl groups excluding tert-OH is 1. The number of rotatable bonds is 6. The average Bonchev–Trinajstić information content (AvgIpc) is 2.25. The van der Waals surface area contributed by atoms with Crippen LogP contribution in [-0.2, 0) is 0 Å². The molecule has 0 saturated carbocycles. The maximum Gasteiger partial charge on any atom is 0.0526 e. The van der Waals surface area contributed by atoms with Gasteiger partial charge in [-0.2, -0.15) is 0 Å². The molecule has 0 saturated heterocycles. The molecule has 0 spiro atoms. The average molecular weight is 219 g/mol. The lowest BCUT2D eigenvalue weighted by Crippen LogP contribution is -2.29.